The SMILES string of the molecule is CC(C)c1ccccc1-c1cnnc(NCc2cc(-c3ccccc3)[nH]n2)n1. The second-order valence-electron chi connectivity index (χ2n) is 6.90. The van der Waals surface area contributed by atoms with Gasteiger partial charge in [-0.05, 0) is 23.1 Å². The average Bonchev–Trinajstić information content (AvgIpc) is 3.22. The van der Waals surface area contributed by atoms with Crippen molar-refractivity contribution in [2.24, 2.45) is 0 Å². The van der Waals surface area contributed by atoms with E-state index in [0.717, 1.165) is 28.2 Å². The third-order valence-corrected chi connectivity index (χ3v) is 4.56. The Labute approximate surface area is 164 Å². The minimum atomic E-state index is 0.406. The van der Waals surface area contributed by atoms with Crippen molar-refractivity contribution in [3.63, 3.8) is 0 Å². The van der Waals surface area contributed by atoms with Crippen LogP contribution < -0.4 is 5.32 Å². The maximum atomic E-state index is 4.64. The first-order chi connectivity index (χ1) is 13.7. The van der Waals surface area contributed by atoms with Gasteiger partial charge in [-0.25, -0.2) is 4.98 Å². The number of benzene rings is 2. The molecule has 4 aromatic rings. The summed E-state index contributed by atoms with van der Waals surface area (Å²) in [5, 5.41) is 18.9. The van der Waals surface area contributed by atoms with Crippen molar-refractivity contribution < 1.29 is 0 Å². The molecular formula is C22H22N6. The van der Waals surface area contributed by atoms with E-state index in [9.17, 15) is 0 Å². The summed E-state index contributed by atoms with van der Waals surface area (Å²) in [5.41, 5.74) is 6.11. The lowest BCUT2D eigenvalue weighted by Gasteiger charge is -2.12. The highest BCUT2D eigenvalue weighted by atomic mass is 15.2. The highest BCUT2D eigenvalue weighted by Gasteiger charge is 2.11. The van der Waals surface area contributed by atoms with Crippen LogP contribution in [0.15, 0.2) is 66.9 Å². The third kappa shape index (κ3) is 3.91. The largest absolute Gasteiger partial charge is 0.347 e. The van der Waals surface area contributed by atoms with E-state index in [1.54, 1.807) is 6.20 Å². The summed E-state index contributed by atoms with van der Waals surface area (Å²) >= 11 is 0. The zero-order valence-corrected chi connectivity index (χ0v) is 15.9. The molecule has 0 aliphatic carbocycles. The van der Waals surface area contributed by atoms with Gasteiger partial charge in [0.15, 0.2) is 0 Å². The molecular weight excluding hydrogens is 348 g/mol. The Morgan fingerprint density at radius 2 is 1.79 bits per heavy atom. The number of hydrogen-bond donors (Lipinski definition) is 2. The Morgan fingerprint density at radius 1 is 1.00 bits per heavy atom. The fraction of sp³-hybridized carbons (Fsp3) is 0.182. The Balaban J connectivity index is 1.50. The molecule has 2 N–H and O–H groups in total. The molecule has 0 bridgehead atoms. The van der Waals surface area contributed by atoms with Crippen LogP contribution in [0.25, 0.3) is 22.5 Å². The van der Waals surface area contributed by atoms with Crippen LogP contribution >= 0.6 is 0 Å². The van der Waals surface area contributed by atoms with Gasteiger partial charge in [-0.15, -0.1) is 5.10 Å². The van der Waals surface area contributed by atoms with Crippen molar-refractivity contribution in [3.05, 3.63) is 78.1 Å². The Hall–Kier alpha value is -3.54. The van der Waals surface area contributed by atoms with Gasteiger partial charge in [-0.2, -0.15) is 10.2 Å². The van der Waals surface area contributed by atoms with E-state index in [2.05, 4.69) is 62.7 Å². The van der Waals surface area contributed by atoms with Gasteiger partial charge in [-0.1, -0.05) is 68.4 Å². The Morgan fingerprint density at radius 3 is 2.61 bits per heavy atom. The first kappa shape index (κ1) is 17.9. The molecule has 2 aromatic carbocycles. The van der Waals surface area contributed by atoms with Crippen LogP contribution in [-0.2, 0) is 6.54 Å². The van der Waals surface area contributed by atoms with Gasteiger partial charge in [-0.3, -0.25) is 5.10 Å². The molecule has 0 spiro atoms. The van der Waals surface area contributed by atoms with Crippen LogP contribution in [0.1, 0.15) is 31.0 Å². The molecule has 0 saturated carbocycles. The van der Waals surface area contributed by atoms with Gasteiger partial charge in [0.1, 0.15) is 0 Å². The fourth-order valence-corrected chi connectivity index (χ4v) is 3.13. The lowest BCUT2D eigenvalue weighted by atomic mass is 9.96. The molecule has 0 amide bonds. The summed E-state index contributed by atoms with van der Waals surface area (Å²) < 4.78 is 0. The molecule has 0 atom stereocenters. The second kappa shape index (κ2) is 8.00. The van der Waals surface area contributed by atoms with E-state index < -0.39 is 0 Å². The van der Waals surface area contributed by atoms with E-state index in [-0.39, 0.29) is 0 Å². The van der Waals surface area contributed by atoms with Crippen LogP contribution in [0.4, 0.5) is 5.95 Å². The molecule has 28 heavy (non-hydrogen) atoms. The first-order valence-electron chi connectivity index (χ1n) is 9.33. The van der Waals surface area contributed by atoms with Gasteiger partial charge in [0.2, 0.25) is 5.95 Å². The van der Waals surface area contributed by atoms with Gasteiger partial charge in [0.05, 0.1) is 29.8 Å². The van der Waals surface area contributed by atoms with E-state index in [1.807, 2.05) is 42.5 Å². The molecule has 0 saturated heterocycles. The summed E-state index contributed by atoms with van der Waals surface area (Å²) in [6, 6.07) is 20.4. The van der Waals surface area contributed by atoms with Crippen molar-refractivity contribution in [3.8, 4) is 22.5 Å². The zero-order valence-electron chi connectivity index (χ0n) is 15.9. The van der Waals surface area contributed by atoms with Gasteiger partial charge in [0, 0.05) is 5.56 Å². The lowest BCUT2D eigenvalue weighted by Crippen LogP contribution is -2.06. The van der Waals surface area contributed by atoms with Gasteiger partial charge >= 0.3 is 0 Å². The van der Waals surface area contributed by atoms with Gasteiger partial charge < -0.3 is 5.32 Å². The number of hydrogen-bond acceptors (Lipinski definition) is 5. The predicted octanol–water partition coefficient (Wildman–Crippen LogP) is 4.66. The number of nitrogens with one attached hydrogen (secondary N) is 2. The molecule has 2 heterocycles. The van der Waals surface area contributed by atoms with E-state index in [0.29, 0.717) is 18.4 Å². The minimum Gasteiger partial charge on any atom is -0.347 e. The molecule has 0 unspecified atom stereocenters. The zero-order chi connectivity index (χ0) is 19.3. The molecule has 2 aromatic heterocycles. The normalized spacial score (nSPS) is 11.0. The molecule has 6 nitrogen and oxygen atoms in total. The summed E-state index contributed by atoms with van der Waals surface area (Å²) in [4.78, 5) is 4.64. The molecule has 0 aliphatic rings. The summed E-state index contributed by atoms with van der Waals surface area (Å²) in [6.07, 6.45) is 1.70. The quantitative estimate of drug-likeness (QED) is 0.516. The number of nitrogens with zero attached hydrogens (tertiary/aromatic N) is 4. The standard InChI is InChI=1S/C22H22N6/c1-15(2)18-10-6-7-11-19(18)21-14-24-28-22(25-21)23-13-17-12-20(27-26-17)16-8-4-3-5-9-16/h3-12,14-15H,13H2,1-2H3,(H,26,27)(H,23,25,28). The monoisotopic (exact) mass is 370 g/mol. The van der Waals surface area contributed by atoms with Crippen molar-refractivity contribution in [1.82, 2.24) is 25.4 Å². The number of anilines is 1. The van der Waals surface area contributed by atoms with Crippen molar-refractivity contribution in [2.45, 2.75) is 26.3 Å². The van der Waals surface area contributed by atoms with Crippen LogP contribution in [0, 0.1) is 0 Å². The maximum Gasteiger partial charge on any atom is 0.243 e. The van der Waals surface area contributed by atoms with Crippen LogP contribution in [0.3, 0.4) is 0 Å². The number of H-pyrrole nitrogens is 1. The topological polar surface area (TPSA) is 79.4 Å². The number of aromatic amines is 1. The molecule has 140 valence electrons. The maximum absolute atomic E-state index is 4.64. The van der Waals surface area contributed by atoms with Crippen LogP contribution in [-0.4, -0.2) is 25.4 Å². The molecule has 0 radical (unpaired) electrons. The third-order valence-electron chi connectivity index (χ3n) is 4.56. The van der Waals surface area contributed by atoms with E-state index >= 15 is 0 Å². The number of rotatable bonds is 6. The van der Waals surface area contributed by atoms with E-state index in [1.165, 1.54) is 5.56 Å². The summed E-state index contributed by atoms with van der Waals surface area (Å²) in [7, 11) is 0. The Bertz CT molecular complexity index is 1060. The summed E-state index contributed by atoms with van der Waals surface area (Å²) in [5.74, 6) is 0.892. The molecule has 0 aliphatic heterocycles. The van der Waals surface area contributed by atoms with Gasteiger partial charge in [0.25, 0.3) is 0 Å². The highest BCUT2D eigenvalue weighted by Crippen LogP contribution is 2.27. The highest BCUT2D eigenvalue weighted by molar-refractivity contribution is 5.64. The average molecular weight is 370 g/mol. The van der Waals surface area contributed by atoms with Crippen molar-refractivity contribution >= 4 is 5.95 Å². The lowest BCUT2D eigenvalue weighted by molar-refractivity contribution is 0.865. The predicted molar refractivity (Wildman–Crippen MR) is 111 cm³/mol. The molecule has 4 rings (SSSR count). The van der Waals surface area contributed by atoms with Crippen molar-refractivity contribution in [2.75, 3.05) is 5.32 Å². The number of aromatic nitrogens is 5. The van der Waals surface area contributed by atoms with Crippen LogP contribution in [0.2, 0.25) is 0 Å². The fourth-order valence-electron chi connectivity index (χ4n) is 3.13. The second-order valence-corrected chi connectivity index (χ2v) is 6.90. The molecule has 6 heteroatoms. The smallest absolute Gasteiger partial charge is 0.243 e. The molecule has 0 fully saturated rings. The first-order valence-corrected chi connectivity index (χ1v) is 9.33. The van der Waals surface area contributed by atoms with Crippen LogP contribution in [0.5, 0.6) is 0 Å². The van der Waals surface area contributed by atoms with E-state index in [4.69, 9.17) is 0 Å². The minimum absolute atomic E-state index is 0.406. The van der Waals surface area contributed by atoms with Crippen molar-refractivity contribution in [1.29, 1.82) is 0 Å². The summed E-state index contributed by atoms with van der Waals surface area (Å²) in [6.45, 7) is 4.86. The Kier molecular flexibility index (Phi) is 5.10.